The minimum absolute atomic E-state index is 0.0924. The fourth-order valence-corrected chi connectivity index (χ4v) is 5.64. The van der Waals surface area contributed by atoms with Crippen LogP contribution in [0.25, 0.3) is 0 Å². The Morgan fingerprint density at radius 2 is 1.52 bits per heavy atom. The van der Waals surface area contributed by atoms with E-state index in [1.807, 2.05) is 64.1 Å². The molecular formula is C30H35Cl2N3O4S. The van der Waals surface area contributed by atoms with Crippen molar-refractivity contribution >= 4 is 50.7 Å². The average molecular weight is 605 g/mol. The van der Waals surface area contributed by atoms with Crippen LogP contribution in [0.1, 0.15) is 36.1 Å². The van der Waals surface area contributed by atoms with Crippen LogP contribution in [0.5, 0.6) is 0 Å². The molecule has 3 aromatic carbocycles. The molecule has 0 fully saturated rings. The Morgan fingerprint density at radius 1 is 0.900 bits per heavy atom. The Balaban J connectivity index is 2.11. The highest BCUT2D eigenvalue weighted by Gasteiger charge is 2.34. The quantitative estimate of drug-likeness (QED) is 0.312. The van der Waals surface area contributed by atoms with Crippen LogP contribution in [0.3, 0.4) is 0 Å². The zero-order valence-electron chi connectivity index (χ0n) is 23.3. The molecule has 0 saturated carbocycles. The van der Waals surface area contributed by atoms with Crippen molar-refractivity contribution in [2.75, 3.05) is 17.1 Å². The van der Waals surface area contributed by atoms with Gasteiger partial charge < -0.3 is 10.2 Å². The lowest BCUT2D eigenvalue weighted by Crippen LogP contribution is -2.54. The van der Waals surface area contributed by atoms with Gasteiger partial charge in [0.25, 0.3) is 0 Å². The second-order valence-electron chi connectivity index (χ2n) is 10.1. The fourth-order valence-electron chi connectivity index (χ4n) is 4.28. The Labute approximate surface area is 247 Å². The number of carbonyl (C=O) groups excluding carboxylic acids is 2. The minimum Gasteiger partial charge on any atom is -0.352 e. The van der Waals surface area contributed by atoms with Gasteiger partial charge in [0, 0.05) is 34.6 Å². The summed E-state index contributed by atoms with van der Waals surface area (Å²) >= 11 is 13.0. The third-order valence-corrected chi connectivity index (χ3v) is 8.40. The predicted molar refractivity (Wildman–Crippen MR) is 162 cm³/mol. The zero-order valence-corrected chi connectivity index (χ0v) is 25.6. The van der Waals surface area contributed by atoms with E-state index in [9.17, 15) is 18.0 Å². The normalized spacial score (nSPS) is 12.2. The first kappa shape index (κ1) is 31.5. The molecular weight excluding hydrogens is 569 g/mol. The van der Waals surface area contributed by atoms with Gasteiger partial charge in [-0.2, -0.15) is 0 Å². The highest BCUT2D eigenvalue weighted by molar-refractivity contribution is 7.92. The third-order valence-electron chi connectivity index (χ3n) is 6.55. The van der Waals surface area contributed by atoms with Crippen LogP contribution in [0, 0.1) is 13.8 Å². The highest BCUT2D eigenvalue weighted by Crippen LogP contribution is 2.28. The van der Waals surface area contributed by atoms with Gasteiger partial charge in [-0.15, -0.1) is 0 Å². The number of benzene rings is 3. The van der Waals surface area contributed by atoms with Crippen molar-refractivity contribution in [2.24, 2.45) is 0 Å². The van der Waals surface area contributed by atoms with E-state index in [2.05, 4.69) is 5.32 Å². The van der Waals surface area contributed by atoms with Crippen LogP contribution in [-0.4, -0.2) is 50.0 Å². The Morgan fingerprint density at radius 3 is 2.08 bits per heavy atom. The number of nitrogens with zero attached hydrogens (tertiary/aromatic N) is 2. The maximum atomic E-state index is 14.1. The molecule has 0 heterocycles. The maximum absolute atomic E-state index is 14.1. The van der Waals surface area contributed by atoms with Crippen molar-refractivity contribution < 1.29 is 18.0 Å². The van der Waals surface area contributed by atoms with Gasteiger partial charge in [-0.3, -0.25) is 13.9 Å². The van der Waals surface area contributed by atoms with E-state index in [4.69, 9.17) is 23.2 Å². The third kappa shape index (κ3) is 8.22. The van der Waals surface area contributed by atoms with Crippen molar-refractivity contribution in [1.82, 2.24) is 10.2 Å². The van der Waals surface area contributed by atoms with E-state index in [1.165, 1.54) is 4.90 Å². The topological polar surface area (TPSA) is 86.8 Å². The molecule has 0 aromatic heterocycles. The first-order valence-electron chi connectivity index (χ1n) is 12.9. The second-order valence-corrected chi connectivity index (χ2v) is 12.9. The minimum atomic E-state index is -3.86. The van der Waals surface area contributed by atoms with E-state index in [-0.39, 0.29) is 24.9 Å². The standard InChI is InChI=1S/C30H35Cl2N3O4S/c1-20(2)33-30(37)28(17-23-10-7-6-8-11-23)34(18-25-26(31)12-9-13-27(25)32)29(36)19-35(40(5,38)39)24-15-14-21(3)22(4)16-24/h6-16,20,28H,17-19H2,1-5H3,(H,33,37)/t28-/m0/s1. The molecule has 3 aromatic rings. The summed E-state index contributed by atoms with van der Waals surface area (Å²) in [5, 5.41) is 3.58. The number of amides is 2. The molecule has 0 unspecified atom stereocenters. The van der Waals surface area contributed by atoms with Crippen molar-refractivity contribution in [3.8, 4) is 0 Å². The molecule has 0 aliphatic rings. The summed E-state index contributed by atoms with van der Waals surface area (Å²) in [4.78, 5) is 29.1. The van der Waals surface area contributed by atoms with Gasteiger partial charge in [0.15, 0.2) is 0 Å². The van der Waals surface area contributed by atoms with Gasteiger partial charge in [0.05, 0.1) is 11.9 Å². The lowest BCUT2D eigenvalue weighted by molar-refractivity contribution is -0.140. The Bertz CT molecular complexity index is 1440. The van der Waals surface area contributed by atoms with Crippen molar-refractivity contribution in [3.63, 3.8) is 0 Å². The van der Waals surface area contributed by atoms with E-state index in [1.54, 1.807) is 30.3 Å². The van der Waals surface area contributed by atoms with Crippen LogP contribution >= 0.6 is 23.2 Å². The molecule has 10 heteroatoms. The highest BCUT2D eigenvalue weighted by atomic mass is 35.5. The molecule has 1 atom stereocenters. The molecule has 0 bridgehead atoms. The van der Waals surface area contributed by atoms with Gasteiger partial charge >= 0.3 is 0 Å². The van der Waals surface area contributed by atoms with Crippen molar-refractivity contribution in [3.05, 3.63) is 99.0 Å². The largest absolute Gasteiger partial charge is 0.352 e. The summed E-state index contributed by atoms with van der Waals surface area (Å²) in [6.45, 7) is 6.86. The van der Waals surface area contributed by atoms with Gasteiger partial charge in [-0.1, -0.05) is 65.7 Å². The van der Waals surface area contributed by atoms with Crippen LogP contribution < -0.4 is 9.62 Å². The molecule has 0 aliphatic heterocycles. The fraction of sp³-hybridized carbons (Fsp3) is 0.333. The first-order valence-corrected chi connectivity index (χ1v) is 15.5. The molecule has 0 spiro atoms. The molecule has 2 amide bonds. The Kier molecular flexibility index (Phi) is 10.6. The number of carbonyl (C=O) groups is 2. The summed E-state index contributed by atoms with van der Waals surface area (Å²) < 4.78 is 26.9. The summed E-state index contributed by atoms with van der Waals surface area (Å²) in [5.41, 5.74) is 3.54. The molecule has 40 heavy (non-hydrogen) atoms. The number of halogens is 2. The maximum Gasteiger partial charge on any atom is 0.244 e. The summed E-state index contributed by atoms with van der Waals surface area (Å²) in [6.07, 6.45) is 1.26. The average Bonchev–Trinajstić information content (AvgIpc) is 2.87. The van der Waals surface area contributed by atoms with Crippen molar-refractivity contribution in [2.45, 2.75) is 52.7 Å². The second kappa shape index (κ2) is 13.5. The molecule has 3 rings (SSSR count). The number of sulfonamides is 1. The van der Waals surface area contributed by atoms with E-state index >= 15 is 0 Å². The number of anilines is 1. The van der Waals surface area contributed by atoms with Crippen LogP contribution in [0.4, 0.5) is 5.69 Å². The summed E-state index contributed by atoms with van der Waals surface area (Å²) in [5.74, 6) is -0.938. The zero-order chi connectivity index (χ0) is 29.6. The van der Waals surface area contributed by atoms with E-state index in [0.29, 0.717) is 21.3 Å². The van der Waals surface area contributed by atoms with Gasteiger partial charge in [0.1, 0.15) is 12.6 Å². The monoisotopic (exact) mass is 603 g/mol. The van der Waals surface area contributed by atoms with Crippen molar-refractivity contribution in [1.29, 1.82) is 0 Å². The summed E-state index contributed by atoms with van der Waals surface area (Å²) in [6, 6.07) is 18.4. The predicted octanol–water partition coefficient (Wildman–Crippen LogP) is 5.54. The SMILES string of the molecule is Cc1ccc(N(CC(=O)N(Cc2c(Cl)cccc2Cl)[C@@H](Cc2ccccc2)C(=O)NC(C)C)S(C)(=O)=O)cc1C. The van der Waals surface area contributed by atoms with Gasteiger partial charge in [0.2, 0.25) is 21.8 Å². The molecule has 0 radical (unpaired) electrons. The van der Waals surface area contributed by atoms with Gasteiger partial charge in [-0.05, 0) is 68.7 Å². The lowest BCUT2D eigenvalue weighted by Gasteiger charge is -2.34. The number of hydrogen-bond acceptors (Lipinski definition) is 4. The van der Waals surface area contributed by atoms with Crippen LogP contribution in [0.2, 0.25) is 10.0 Å². The smallest absolute Gasteiger partial charge is 0.244 e. The van der Waals surface area contributed by atoms with E-state index in [0.717, 1.165) is 27.3 Å². The van der Waals surface area contributed by atoms with Gasteiger partial charge in [-0.25, -0.2) is 8.42 Å². The number of nitrogens with one attached hydrogen (secondary N) is 1. The van der Waals surface area contributed by atoms with Crippen LogP contribution in [-0.2, 0) is 32.6 Å². The molecule has 1 N–H and O–H groups in total. The van der Waals surface area contributed by atoms with E-state index < -0.39 is 28.5 Å². The number of hydrogen-bond donors (Lipinski definition) is 1. The summed E-state index contributed by atoms with van der Waals surface area (Å²) in [7, 11) is -3.86. The number of aryl methyl sites for hydroxylation is 2. The number of rotatable bonds is 11. The molecule has 214 valence electrons. The van der Waals surface area contributed by atoms with Crippen LogP contribution in [0.15, 0.2) is 66.7 Å². The molecule has 0 aliphatic carbocycles. The first-order chi connectivity index (χ1) is 18.8. The molecule has 0 saturated heterocycles. The molecule has 7 nitrogen and oxygen atoms in total. The lowest BCUT2D eigenvalue weighted by atomic mass is 10.0. The Hall–Kier alpha value is -3.07.